The quantitative estimate of drug-likeness (QED) is 0.0578. The van der Waals surface area contributed by atoms with Gasteiger partial charge in [-0.3, -0.25) is 0 Å². The summed E-state index contributed by atoms with van der Waals surface area (Å²) in [6.07, 6.45) is 47.2. The SMILES string of the molecule is CCCCCCCCCCCCCCCCCc1n(-c2ccccc2)cc[n+]1CCCCCCCCCCCCCCCC. The van der Waals surface area contributed by atoms with Gasteiger partial charge < -0.3 is 0 Å². The first-order chi connectivity index (χ1) is 21.9. The fourth-order valence-electron chi connectivity index (χ4n) is 6.88. The van der Waals surface area contributed by atoms with Gasteiger partial charge in [0.05, 0.1) is 6.54 Å². The first kappa shape index (κ1) is 38.6. The minimum Gasteiger partial charge on any atom is -0.234 e. The van der Waals surface area contributed by atoms with Crippen LogP contribution >= 0.6 is 0 Å². The molecule has 1 aromatic heterocycles. The van der Waals surface area contributed by atoms with Crippen molar-refractivity contribution in [2.45, 2.75) is 213 Å². The van der Waals surface area contributed by atoms with Crippen molar-refractivity contribution in [1.29, 1.82) is 0 Å². The molecule has 2 heteroatoms. The lowest BCUT2D eigenvalue weighted by molar-refractivity contribution is -0.704. The topological polar surface area (TPSA) is 8.81 Å². The van der Waals surface area contributed by atoms with Crippen LogP contribution in [0.1, 0.15) is 206 Å². The molecule has 0 saturated carbocycles. The number of benzene rings is 1. The summed E-state index contributed by atoms with van der Waals surface area (Å²) in [6.45, 7) is 5.79. The average Bonchev–Trinajstić information content (AvgIpc) is 3.45. The van der Waals surface area contributed by atoms with Crippen LogP contribution in [0, 0.1) is 0 Å². The third-order valence-corrected chi connectivity index (χ3v) is 9.80. The van der Waals surface area contributed by atoms with E-state index in [1.165, 1.54) is 211 Å². The van der Waals surface area contributed by atoms with Crippen molar-refractivity contribution in [1.82, 2.24) is 4.57 Å². The fraction of sp³-hybridized carbons (Fsp3) is 0.786. The first-order valence-corrected chi connectivity index (χ1v) is 20.0. The molecule has 1 aromatic carbocycles. The zero-order valence-corrected chi connectivity index (χ0v) is 29.9. The molecule has 0 atom stereocenters. The van der Waals surface area contributed by atoms with Crippen LogP contribution < -0.4 is 4.57 Å². The second kappa shape index (κ2) is 28.9. The Bertz CT molecular complexity index is 854. The maximum absolute atomic E-state index is 2.57. The summed E-state index contributed by atoms with van der Waals surface area (Å²) in [5, 5.41) is 0. The van der Waals surface area contributed by atoms with Gasteiger partial charge in [0.25, 0.3) is 5.82 Å². The van der Waals surface area contributed by atoms with E-state index in [-0.39, 0.29) is 0 Å². The number of imidazole rings is 1. The molecule has 0 amide bonds. The van der Waals surface area contributed by atoms with Gasteiger partial charge in [-0.25, -0.2) is 4.57 Å². The third kappa shape index (κ3) is 19.7. The van der Waals surface area contributed by atoms with Crippen LogP contribution in [0.25, 0.3) is 5.69 Å². The van der Waals surface area contributed by atoms with Crippen molar-refractivity contribution in [3.63, 3.8) is 0 Å². The van der Waals surface area contributed by atoms with Gasteiger partial charge in [-0.05, 0) is 31.4 Å². The lowest BCUT2D eigenvalue weighted by Gasteiger charge is -2.07. The predicted molar refractivity (Wildman–Crippen MR) is 195 cm³/mol. The minimum absolute atomic E-state index is 1.17. The molecule has 44 heavy (non-hydrogen) atoms. The molecule has 0 bridgehead atoms. The highest BCUT2D eigenvalue weighted by Crippen LogP contribution is 2.17. The van der Waals surface area contributed by atoms with Gasteiger partial charge in [-0.1, -0.05) is 199 Å². The van der Waals surface area contributed by atoms with E-state index in [4.69, 9.17) is 0 Å². The molecule has 2 nitrogen and oxygen atoms in total. The zero-order chi connectivity index (χ0) is 31.2. The van der Waals surface area contributed by atoms with E-state index >= 15 is 0 Å². The molecule has 0 radical (unpaired) electrons. The van der Waals surface area contributed by atoms with E-state index in [0.29, 0.717) is 0 Å². The monoisotopic (exact) mass is 608 g/mol. The van der Waals surface area contributed by atoms with E-state index in [0.717, 1.165) is 0 Å². The van der Waals surface area contributed by atoms with Crippen molar-refractivity contribution in [3.8, 4) is 5.69 Å². The Morgan fingerprint density at radius 3 is 1.20 bits per heavy atom. The summed E-state index contributed by atoms with van der Waals surface area (Å²) in [4.78, 5) is 0. The molecule has 252 valence electrons. The van der Waals surface area contributed by atoms with Crippen molar-refractivity contribution in [2.75, 3.05) is 0 Å². The van der Waals surface area contributed by atoms with E-state index in [2.05, 4.69) is 65.7 Å². The van der Waals surface area contributed by atoms with Crippen molar-refractivity contribution >= 4 is 0 Å². The molecule has 0 unspecified atom stereocenters. The van der Waals surface area contributed by atoms with Crippen LogP contribution in [-0.2, 0) is 13.0 Å². The number of hydrogen-bond acceptors (Lipinski definition) is 0. The lowest BCUT2D eigenvalue weighted by atomic mass is 10.0. The zero-order valence-electron chi connectivity index (χ0n) is 29.9. The summed E-state index contributed by atoms with van der Waals surface area (Å²) < 4.78 is 5.02. The summed E-state index contributed by atoms with van der Waals surface area (Å²) in [6, 6.07) is 11.0. The standard InChI is InChI=1S/C42H75N2/c1-3-5-7-9-11-13-15-17-19-20-22-24-26-28-33-37-42-43(39-40-44(42)41-35-31-30-32-36-41)38-34-29-27-25-23-21-18-16-14-12-10-8-6-4-2/h30-32,35-36,39-40H,3-29,33-34,37-38H2,1-2H3/q+1. The lowest BCUT2D eigenvalue weighted by Crippen LogP contribution is -2.37. The first-order valence-electron chi connectivity index (χ1n) is 20.0. The average molecular weight is 608 g/mol. The Labute approximate surface area is 275 Å². The number of para-hydroxylation sites is 1. The molecule has 2 rings (SSSR count). The van der Waals surface area contributed by atoms with Crippen LogP contribution in [-0.4, -0.2) is 4.57 Å². The van der Waals surface area contributed by atoms with Crippen LogP contribution in [0.15, 0.2) is 42.7 Å². The second-order valence-electron chi connectivity index (χ2n) is 13.9. The third-order valence-electron chi connectivity index (χ3n) is 9.80. The number of aromatic nitrogens is 2. The van der Waals surface area contributed by atoms with E-state index in [1.807, 2.05) is 0 Å². The number of rotatable bonds is 32. The predicted octanol–water partition coefficient (Wildman–Crippen LogP) is 13.7. The fourth-order valence-corrected chi connectivity index (χ4v) is 6.88. The van der Waals surface area contributed by atoms with Gasteiger partial charge >= 0.3 is 0 Å². The van der Waals surface area contributed by atoms with Crippen molar-refractivity contribution in [3.05, 3.63) is 48.5 Å². The van der Waals surface area contributed by atoms with Crippen molar-refractivity contribution in [2.24, 2.45) is 0 Å². The highest BCUT2D eigenvalue weighted by molar-refractivity contribution is 5.31. The van der Waals surface area contributed by atoms with Gasteiger partial charge in [0.15, 0.2) is 0 Å². The van der Waals surface area contributed by atoms with Gasteiger partial charge in [0.2, 0.25) is 0 Å². The van der Waals surface area contributed by atoms with E-state index in [1.54, 1.807) is 0 Å². The normalized spacial score (nSPS) is 11.5. The Balaban J connectivity index is 1.55. The maximum atomic E-state index is 2.57. The smallest absolute Gasteiger partial charge is 0.234 e. The van der Waals surface area contributed by atoms with Gasteiger partial charge in [-0.2, -0.15) is 4.57 Å². The highest BCUT2D eigenvalue weighted by atomic mass is 15.1. The van der Waals surface area contributed by atoms with Crippen LogP contribution in [0.3, 0.4) is 0 Å². The Morgan fingerprint density at radius 1 is 0.432 bits per heavy atom. The molecule has 0 aliphatic heterocycles. The molecular formula is C42H75N2+. The molecule has 2 aromatic rings. The molecular weight excluding hydrogens is 532 g/mol. The van der Waals surface area contributed by atoms with E-state index < -0.39 is 0 Å². The van der Waals surface area contributed by atoms with E-state index in [9.17, 15) is 0 Å². The summed E-state index contributed by atoms with van der Waals surface area (Å²) >= 11 is 0. The Morgan fingerprint density at radius 2 is 0.795 bits per heavy atom. The number of unbranched alkanes of at least 4 members (excludes halogenated alkanes) is 27. The Kier molecular flexibility index (Phi) is 25.3. The minimum atomic E-state index is 1.17. The molecule has 0 aliphatic carbocycles. The molecule has 0 aliphatic rings. The van der Waals surface area contributed by atoms with Crippen LogP contribution in [0.4, 0.5) is 0 Å². The maximum Gasteiger partial charge on any atom is 0.261 e. The Hall–Kier alpha value is -1.57. The molecule has 1 heterocycles. The van der Waals surface area contributed by atoms with Crippen molar-refractivity contribution < 1.29 is 4.57 Å². The molecule has 0 fully saturated rings. The summed E-state index contributed by atoms with van der Waals surface area (Å²) in [7, 11) is 0. The second-order valence-corrected chi connectivity index (χ2v) is 13.9. The summed E-state index contributed by atoms with van der Waals surface area (Å²) in [5.74, 6) is 1.50. The van der Waals surface area contributed by atoms with Crippen LogP contribution in [0.5, 0.6) is 0 Å². The van der Waals surface area contributed by atoms with Gasteiger partial charge in [0.1, 0.15) is 18.1 Å². The largest absolute Gasteiger partial charge is 0.261 e. The number of aryl methyl sites for hydroxylation is 1. The molecule has 0 spiro atoms. The summed E-state index contributed by atoms with van der Waals surface area (Å²) in [5.41, 5.74) is 1.31. The number of nitrogens with zero attached hydrogens (tertiary/aromatic N) is 2. The van der Waals surface area contributed by atoms with Gasteiger partial charge in [-0.15, -0.1) is 0 Å². The molecule has 0 N–H and O–H groups in total. The van der Waals surface area contributed by atoms with Gasteiger partial charge in [0, 0.05) is 6.42 Å². The molecule has 0 saturated heterocycles. The highest BCUT2D eigenvalue weighted by Gasteiger charge is 2.18. The number of hydrogen-bond donors (Lipinski definition) is 0. The van der Waals surface area contributed by atoms with Crippen LogP contribution in [0.2, 0.25) is 0 Å².